The van der Waals surface area contributed by atoms with Crippen molar-refractivity contribution in [1.29, 1.82) is 0 Å². The molecule has 2 heterocycles. The Kier molecular flexibility index (Phi) is 6.41. The van der Waals surface area contributed by atoms with E-state index in [2.05, 4.69) is 20.6 Å². The van der Waals surface area contributed by atoms with Crippen molar-refractivity contribution in [1.82, 2.24) is 9.97 Å². The number of aromatic nitrogens is 2. The number of oxazole rings is 2. The summed E-state index contributed by atoms with van der Waals surface area (Å²) >= 11 is 0. The molecule has 0 radical (unpaired) electrons. The molecule has 0 aliphatic heterocycles. The number of amides is 2. The fraction of sp³-hybridized carbons (Fsp3) is 0.0625. The first-order valence-corrected chi connectivity index (χ1v) is 12.6. The zero-order chi connectivity index (χ0) is 27.6. The SMILES string of the molecule is Cc1ccc2nc(-c3ccc(NC(=O)/C=C/C(=O)Nc4ccc(-c5nc6ccc(C)cc6o5)cc4)cc3)oc2c1. The minimum Gasteiger partial charge on any atom is -0.436 e. The molecule has 8 heteroatoms. The number of nitrogens with one attached hydrogen (secondary N) is 2. The molecule has 0 aliphatic carbocycles. The van der Waals surface area contributed by atoms with Crippen LogP contribution in [0.15, 0.2) is 106 Å². The molecule has 6 rings (SSSR count). The van der Waals surface area contributed by atoms with E-state index in [4.69, 9.17) is 8.83 Å². The zero-order valence-corrected chi connectivity index (χ0v) is 21.8. The van der Waals surface area contributed by atoms with Crippen LogP contribution < -0.4 is 10.6 Å². The number of aryl methyl sites for hydroxylation is 2. The summed E-state index contributed by atoms with van der Waals surface area (Å²) in [5.74, 6) is 0.155. The van der Waals surface area contributed by atoms with Gasteiger partial charge in [-0.1, -0.05) is 12.1 Å². The lowest BCUT2D eigenvalue weighted by Crippen LogP contribution is -2.12. The average Bonchev–Trinajstić information content (AvgIpc) is 3.56. The molecule has 2 N–H and O–H groups in total. The lowest BCUT2D eigenvalue weighted by atomic mass is 10.2. The number of anilines is 2. The molecule has 0 aliphatic rings. The molecule has 0 saturated heterocycles. The summed E-state index contributed by atoms with van der Waals surface area (Å²) < 4.78 is 11.7. The third kappa shape index (κ3) is 5.37. The van der Waals surface area contributed by atoms with Gasteiger partial charge in [-0.25, -0.2) is 9.97 Å². The Morgan fingerprint density at radius 1 is 0.600 bits per heavy atom. The van der Waals surface area contributed by atoms with Gasteiger partial charge in [0.1, 0.15) is 11.0 Å². The molecule has 8 nitrogen and oxygen atoms in total. The number of hydrogen-bond donors (Lipinski definition) is 2. The molecule has 0 fully saturated rings. The van der Waals surface area contributed by atoms with Crippen molar-refractivity contribution in [2.75, 3.05) is 10.6 Å². The van der Waals surface area contributed by atoms with Gasteiger partial charge in [-0.05, 0) is 97.8 Å². The normalized spacial score (nSPS) is 11.3. The zero-order valence-electron chi connectivity index (χ0n) is 21.8. The third-order valence-corrected chi connectivity index (χ3v) is 6.27. The number of benzene rings is 4. The monoisotopic (exact) mass is 528 g/mol. The summed E-state index contributed by atoms with van der Waals surface area (Å²) in [6.07, 6.45) is 2.36. The van der Waals surface area contributed by atoms with E-state index in [0.29, 0.717) is 23.2 Å². The number of nitrogens with zero attached hydrogens (tertiary/aromatic N) is 2. The first-order valence-electron chi connectivity index (χ1n) is 12.6. The number of fused-ring (bicyclic) bond motifs is 2. The third-order valence-electron chi connectivity index (χ3n) is 6.27. The second-order valence-corrected chi connectivity index (χ2v) is 9.45. The Hall–Kier alpha value is -5.50. The van der Waals surface area contributed by atoms with Gasteiger partial charge in [0, 0.05) is 34.7 Å². The van der Waals surface area contributed by atoms with E-state index in [9.17, 15) is 9.59 Å². The van der Waals surface area contributed by atoms with Gasteiger partial charge in [0.15, 0.2) is 11.2 Å². The highest BCUT2D eigenvalue weighted by Crippen LogP contribution is 2.27. The minimum absolute atomic E-state index is 0.429. The van der Waals surface area contributed by atoms with Gasteiger partial charge in [0.2, 0.25) is 23.6 Å². The van der Waals surface area contributed by atoms with Crippen LogP contribution in [0.3, 0.4) is 0 Å². The van der Waals surface area contributed by atoms with E-state index in [-0.39, 0.29) is 0 Å². The topological polar surface area (TPSA) is 110 Å². The number of carbonyl (C=O) groups is 2. The van der Waals surface area contributed by atoms with Crippen LogP contribution in [0.25, 0.3) is 45.1 Å². The van der Waals surface area contributed by atoms with E-state index in [0.717, 1.165) is 44.5 Å². The van der Waals surface area contributed by atoms with Crippen LogP contribution in [-0.2, 0) is 9.59 Å². The van der Waals surface area contributed by atoms with Gasteiger partial charge >= 0.3 is 0 Å². The summed E-state index contributed by atoms with van der Waals surface area (Å²) in [5, 5.41) is 5.48. The highest BCUT2D eigenvalue weighted by atomic mass is 16.4. The fourth-order valence-electron chi connectivity index (χ4n) is 4.22. The molecular formula is C32H24N4O4. The van der Waals surface area contributed by atoms with Crippen molar-refractivity contribution in [3.8, 4) is 22.9 Å². The Balaban J connectivity index is 1.04. The first-order chi connectivity index (χ1) is 19.4. The van der Waals surface area contributed by atoms with Gasteiger partial charge in [-0.15, -0.1) is 0 Å². The van der Waals surface area contributed by atoms with E-state index in [1.807, 2.05) is 74.5 Å². The highest BCUT2D eigenvalue weighted by molar-refractivity contribution is 6.07. The van der Waals surface area contributed by atoms with Crippen LogP contribution >= 0.6 is 0 Å². The average molecular weight is 529 g/mol. The maximum atomic E-state index is 12.3. The van der Waals surface area contributed by atoms with Crippen molar-refractivity contribution in [3.05, 3.63) is 108 Å². The standard InChI is InChI=1S/C32H24N4O4/c1-19-3-13-25-27(17-19)39-31(35-25)21-5-9-23(10-6-21)33-29(37)15-16-30(38)34-24-11-7-22(8-12-24)32-36-26-14-4-20(2)18-28(26)40-32/h3-18H,1-2H3,(H,33,37)(H,34,38)/b16-15+. The maximum Gasteiger partial charge on any atom is 0.248 e. The van der Waals surface area contributed by atoms with Crippen molar-refractivity contribution >= 4 is 45.4 Å². The van der Waals surface area contributed by atoms with Crippen LogP contribution in [-0.4, -0.2) is 21.8 Å². The van der Waals surface area contributed by atoms with Crippen LogP contribution in [0.1, 0.15) is 11.1 Å². The van der Waals surface area contributed by atoms with E-state index in [1.54, 1.807) is 24.3 Å². The van der Waals surface area contributed by atoms with Crippen LogP contribution in [0, 0.1) is 13.8 Å². The summed E-state index contributed by atoms with van der Waals surface area (Å²) in [6, 6.07) is 26.0. The highest BCUT2D eigenvalue weighted by Gasteiger charge is 2.10. The first kappa shape index (κ1) is 24.8. The lowest BCUT2D eigenvalue weighted by Gasteiger charge is -2.04. The quantitative estimate of drug-likeness (QED) is 0.224. The molecule has 0 unspecified atom stereocenters. The molecule has 0 spiro atoms. The van der Waals surface area contributed by atoms with Crippen molar-refractivity contribution in [2.45, 2.75) is 13.8 Å². The molecule has 2 amide bonds. The molecule has 196 valence electrons. The van der Waals surface area contributed by atoms with Gasteiger partial charge in [0.05, 0.1) is 0 Å². The van der Waals surface area contributed by atoms with Crippen LogP contribution in [0.5, 0.6) is 0 Å². The lowest BCUT2D eigenvalue weighted by molar-refractivity contribution is -0.114. The second-order valence-electron chi connectivity index (χ2n) is 9.45. The Morgan fingerprint density at radius 3 is 1.40 bits per heavy atom. The van der Waals surface area contributed by atoms with E-state index in [1.165, 1.54) is 12.2 Å². The molecule has 2 aromatic heterocycles. The molecule has 4 aromatic carbocycles. The van der Waals surface area contributed by atoms with Crippen molar-refractivity contribution < 1.29 is 18.4 Å². The number of hydrogen-bond acceptors (Lipinski definition) is 6. The molecule has 6 aromatic rings. The van der Waals surface area contributed by atoms with Gasteiger partial charge < -0.3 is 19.5 Å². The fourth-order valence-corrected chi connectivity index (χ4v) is 4.22. The largest absolute Gasteiger partial charge is 0.436 e. The molecule has 40 heavy (non-hydrogen) atoms. The maximum absolute atomic E-state index is 12.3. The van der Waals surface area contributed by atoms with Gasteiger partial charge in [-0.2, -0.15) is 0 Å². The molecular weight excluding hydrogens is 504 g/mol. The van der Waals surface area contributed by atoms with Gasteiger partial charge in [-0.3, -0.25) is 9.59 Å². The van der Waals surface area contributed by atoms with E-state index >= 15 is 0 Å². The number of rotatable bonds is 6. The number of carbonyl (C=O) groups excluding carboxylic acids is 2. The van der Waals surface area contributed by atoms with Crippen molar-refractivity contribution in [2.24, 2.45) is 0 Å². The minimum atomic E-state index is -0.429. The summed E-state index contributed by atoms with van der Waals surface area (Å²) in [7, 11) is 0. The van der Waals surface area contributed by atoms with E-state index < -0.39 is 11.8 Å². The summed E-state index contributed by atoms with van der Waals surface area (Å²) in [5.41, 5.74) is 7.96. The predicted molar refractivity (Wildman–Crippen MR) is 155 cm³/mol. The molecule has 0 saturated carbocycles. The van der Waals surface area contributed by atoms with Crippen LogP contribution in [0.2, 0.25) is 0 Å². The Labute approximate surface area is 229 Å². The molecule has 0 bridgehead atoms. The molecule has 0 atom stereocenters. The Morgan fingerprint density at radius 2 is 1.00 bits per heavy atom. The van der Waals surface area contributed by atoms with Gasteiger partial charge in [0.25, 0.3) is 0 Å². The van der Waals surface area contributed by atoms with Crippen molar-refractivity contribution in [3.63, 3.8) is 0 Å². The predicted octanol–water partition coefficient (Wildman–Crippen LogP) is 7.05. The smallest absolute Gasteiger partial charge is 0.248 e. The van der Waals surface area contributed by atoms with Crippen LogP contribution in [0.4, 0.5) is 11.4 Å². The summed E-state index contributed by atoms with van der Waals surface area (Å²) in [4.78, 5) is 33.7. The second kappa shape index (κ2) is 10.3. The summed E-state index contributed by atoms with van der Waals surface area (Å²) in [6.45, 7) is 3.99. The Bertz CT molecular complexity index is 1760.